The molecule has 6 heteroatoms. The number of aryl methyl sites for hydroxylation is 1. The van der Waals surface area contributed by atoms with Crippen molar-refractivity contribution in [2.45, 2.75) is 19.5 Å². The number of halogens is 3. The molecular weight excluding hydrogens is 219 g/mol. The number of rotatable bonds is 5. The van der Waals surface area contributed by atoms with E-state index in [1.54, 1.807) is 4.68 Å². The maximum absolute atomic E-state index is 11.9. The minimum atomic E-state index is -4.13. The fourth-order valence-electron chi connectivity index (χ4n) is 1.46. The molecule has 0 aliphatic rings. The highest BCUT2D eigenvalue weighted by Crippen LogP contribution is 2.12. The Hall–Kier alpha value is -1.04. The summed E-state index contributed by atoms with van der Waals surface area (Å²) in [5.41, 5.74) is 0.906. The molecule has 92 valence electrons. The molecule has 0 aliphatic carbocycles. The third-order valence-corrected chi connectivity index (χ3v) is 2.14. The van der Waals surface area contributed by atoms with Crippen molar-refractivity contribution in [3.8, 4) is 0 Å². The Morgan fingerprint density at radius 3 is 2.69 bits per heavy atom. The second-order valence-corrected chi connectivity index (χ2v) is 4.04. The van der Waals surface area contributed by atoms with Crippen molar-refractivity contribution >= 4 is 0 Å². The Bertz CT molecular complexity index is 319. The molecule has 0 fully saturated rings. The van der Waals surface area contributed by atoms with E-state index < -0.39 is 12.7 Å². The monoisotopic (exact) mass is 235 g/mol. The molecule has 1 aromatic rings. The number of nitrogens with zero attached hydrogens (tertiary/aromatic N) is 2. The van der Waals surface area contributed by atoms with E-state index >= 15 is 0 Å². The SMILES string of the molecule is CC(CNCC(F)(F)F)Cc1ccn(C)n1. The van der Waals surface area contributed by atoms with Gasteiger partial charge in [-0.2, -0.15) is 18.3 Å². The summed E-state index contributed by atoms with van der Waals surface area (Å²) >= 11 is 0. The predicted molar refractivity (Wildman–Crippen MR) is 55.0 cm³/mol. The molecule has 0 amide bonds. The van der Waals surface area contributed by atoms with Crippen LogP contribution in [0.2, 0.25) is 0 Å². The molecule has 0 spiro atoms. The van der Waals surface area contributed by atoms with Crippen molar-refractivity contribution < 1.29 is 13.2 Å². The number of aromatic nitrogens is 2. The first-order valence-corrected chi connectivity index (χ1v) is 5.13. The third kappa shape index (κ3) is 5.16. The van der Waals surface area contributed by atoms with Gasteiger partial charge in [0, 0.05) is 13.2 Å². The van der Waals surface area contributed by atoms with E-state index in [2.05, 4.69) is 10.4 Å². The zero-order chi connectivity index (χ0) is 12.2. The van der Waals surface area contributed by atoms with Crippen LogP contribution in [0.15, 0.2) is 12.3 Å². The molecule has 0 bridgehead atoms. The van der Waals surface area contributed by atoms with Crippen LogP contribution in [0, 0.1) is 5.92 Å². The van der Waals surface area contributed by atoms with Crippen LogP contribution in [0.3, 0.4) is 0 Å². The number of hydrogen-bond acceptors (Lipinski definition) is 2. The highest BCUT2D eigenvalue weighted by atomic mass is 19.4. The molecule has 0 aliphatic heterocycles. The predicted octanol–water partition coefficient (Wildman–Crippen LogP) is 1.75. The largest absolute Gasteiger partial charge is 0.401 e. The third-order valence-electron chi connectivity index (χ3n) is 2.14. The minimum absolute atomic E-state index is 0.136. The normalized spacial score (nSPS) is 14.1. The summed E-state index contributed by atoms with van der Waals surface area (Å²) in [7, 11) is 1.82. The smallest absolute Gasteiger partial charge is 0.308 e. The topological polar surface area (TPSA) is 29.9 Å². The van der Waals surface area contributed by atoms with Crippen molar-refractivity contribution in [3.05, 3.63) is 18.0 Å². The lowest BCUT2D eigenvalue weighted by Gasteiger charge is -2.12. The number of alkyl halides is 3. The maximum atomic E-state index is 11.9. The van der Waals surface area contributed by atoms with E-state index in [1.165, 1.54) is 0 Å². The van der Waals surface area contributed by atoms with Crippen LogP contribution in [-0.2, 0) is 13.5 Å². The molecule has 1 aromatic heterocycles. The second-order valence-electron chi connectivity index (χ2n) is 4.04. The fraction of sp³-hybridized carbons (Fsp3) is 0.700. The van der Waals surface area contributed by atoms with Crippen molar-refractivity contribution in [2.75, 3.05) is 13.1 Å². The molecule has 1 rings (SSSR count). The summed E-state index contributed by atoms with van der Waals surface area (Å²) in [6.45, 7) is 1.31. The van der Waals surface area contributed by atoms with Gasteiger partial charge >= 0.3 is 6.18 Å². The van der Waals surface area contributed by atoms with Gasteiger partial charge in [-0.3, -0.25) is 4.68 Å². The Labute approximate surface area is 92.6 Å². The molecule has 3 nitrogen and oxygen atoms in total. The first kappa shape index (κ1) is 13.0. The van der Waals surface area contributed by atoms with Gasteiger partial charge in [0.05, 0.1) is 12.2 Å². The second kappa shape index (κ2) is 5.34. The van der Waals surface area contributed by atoms with Gasteiger partial charge in [0.2, 0.25) is 0 Å². The summed E-state index contributed by atoms with van der Waals surface area (Å²) < 4.78 is 37.3. The van der Waals surface area contributed by atoms with Crippen LogP contribution in [-0.4, -0.2) is 29.0 Å². The Morgan fingerprint density at radius 1 is 1.50 bits per heavy atom. The fourth-order valence-corrected chi connectivity index (χ4v) is 1.46. The Balaban J connectivity index is 2.23. The average Bonchev–Trinajstić information content (AvgIpc) is 2.48. The highest BCUT2D eigenvalue weighted by Gasteiger charge is 2.26. The van der Waals surface area contributed by atoms with Gasteiger partial charge in [-0.15, -0.1) is 0 Å². The first-order chi connectivity index (χ1) is 7.37. The van der Waals surface area contributed by atoms with Crippen molar-refractivity contribution in [2.24, 2.45) is 13.0 Å². The molecule has 1 heterocycles. The minimum Gasteiger partial charge on any atom is -0.308 e. The maximum Gasteiger partial charge on any atom is 0.401 e. The molecule has 0 radical (unpaired) electrons. The van der Waals surface area contributed by atoms with Crippen LogP contribution in [0.1, 0.15) is 12.6 Å². The molecule has 1 atom stereocenters. The quantitative estimate of drug-likeness (QED) is 0.842. The van der Waals surface area contributed by atoms with Crippen LogP contribution in [0.5, 0.6) is 0 Å². The summed E-state index contributed by atoms with van der Waals surface area (Å²) in [6.07, 6.45) is -1.62. The van der Waals surface area contributed by atoms with E-state index in [4.69, 9.17) is 0 Å². The van der Waals surface area contributed by atoms with Gasteiger partial charge in [0.25, 0.3) is 0 Å². The van der Waals surface area contributed by atoms with Gasteiger partial charge in [0.1, 0.15) is 0 Å². The summed E-state index contributed by atoms with van der Waals surface area (Å²) in [5, 5.41) is 6.57. The standard InChI is InChI=1S/C10H16F3N3/c1-8(6-14-7-10(11,12)13)5-9-3-4-16(2)15-9/h3-4,8,14H,5-7H2,1-2H3. The van der Waals surface area contributed by atoms with Crippen molar-refractivity contribution in [1.82, 2.24) is 15.1 Å². The first-order valence-electron chi connectivity index (χ1n) is 5.13. The van der Waals surface area contributed by atoms with E-state index in [1.807, 2.05) is 26.2 Å². The van der Waals surface area contributed by atoms with Crippen LogP contribution in [0.25, 0.3) is 0 Å². The van der Waals surface area contributed by atoms with Gasteiger partial charge in [0.15, 0.2) is 0 Å². The van der Waals surface area contributed by atoms with Crippen LogP contribution >= 0.6 is 0 Å². The van der Waals surface area contributed by atoms with E-state index in [0.717, 1.165) is 5.69 Å². The Kier molecular flexibility index (Phi) is 4.35. The van der Waals surface area contributed by atoms with Crippen molar-refractivity contribution in [3.63, 3.8) is 0 Å². The summed E-state index contributed by atoms with van der Waals surface area (Å²) in [6, 6.07) is 1.88. The Morgan fingerprint density at radius 2 is 2.19 bits per heavy atom. The zero-order valence-electron chi connectivity index (χ0n) is 9.38. The van der Waals surface area contributed by atoms with Crippen LogP contribution in [0.4, 0.5) is 13.2 Å². The number of hydrogen-bond donors (Lipinski definition) is 1. The molecular formula is C10H16F3N3. The molecule has 16 heavy (non-hydrogen) atoms. The lowest BCUT2D eigenvalue weighted by molar-refractivity contribution is -0.125. The van der Waals surface area contributed by atoms with E-state index in [9.17, 15) is 13.2 Å². The van der Waals surface area contributed by atoms with E-state index in [-0.39, 0.29) is 5.92 Å². The zero-order valence-corrected chi connectivity index (χ0v) is 9.38. The highest BCUT2D eigenvalue weighted by molar-refractivity contribution is 4.99. The lowest BCUT2D eigenvalue weighted by atomic mass is 10.1. The van der Waals surface area contributed by atoms with E-state index in [0.29, 0.717) is 13.0 Å². The van der Waals surface area contributed by atoms with Gasteiger partial charge < -0.3 is 5.32 Å². The lowest BCUT2D eigenvalue weighted by Crippen LogP contribution is -2.32. The molecule has 1 N–H and O–H groups in total. The molecule has 0 aromatic carbocycles. The molecule has 0 saturated carbocycles. The summed E-state index contributed by atoms with van der Waals surface area (Å²) in [5.74, 6) is 0.136. The molecule has 0 saturated heterocycles. The van der Waals surface area contributed by atoms with Gasteiger partial charge in [-0.05, 0) is 24.9 Å². The van der Waals surface area contributed by atoms with Gasteiger partial charge in [-0.25, -0.2) is 0 Å². The van der Waals surface area contributed by atoms with Gasteiger partial charge in [-0.1, -0.05) is 6.92 Å². The molecule has 1 unspecified atom stereocenters. The summed E-state index contributed by atoms with van der Waals surface area (Å²) in [4.78, 5) is 0. The number of nitrogens with one attached hydrogen (secondary N) is 1. The van der Waals surface area contributed by atoms with Crippen molar-refractivity contribution in [1.29, 1.82) is 0 Å². The van der Waals surface area contributed by atoms with Crippen LogP contribution < -0.4 is 5.32 Å². The average molecular weight is 235 g/mol.